The van der Waals surface area contributed by atoms with Crippen LogP contribution in [0.2, 0.25) is 0 Å². The number of benzene rings is 2. The number of hydrogen-bond acceptors (Lipinski definition) is 1. The van der Waals surface area contributed by atoms with Gasteiger partial charge in [0.05, 0.1) is 5.56 Å². The van der Waals surface area contributed by atoms with Gasteiger partial charge in [0.2, 0.25) is 0 Å². The third kappa shape index (κ3) is 2.63. The molecule has 0 saturated carbocycles. The molecule has 19 heavy (non-hydrogen) atoms. The Morgan fingerprint density at radius 1 is 0.947 bits per heavy atom. The van der Waals surface area contributed by atoms with Crippen LogP contribution in [-0.4, -0.2) is 5.11 Å². The Morgan fingerprint density at radius 3 is 2.05 bits per heavy atom. The number of hydrogen-bond donors (Lipinski definition) is 1. The molecule has 0 fully saturated rings. The predicted octanol–water partition coefficient (Wildman–Crippen LogP) is 3.80. The molecule has 0 bridgehead atoms. The first-order valence-corrected chi connectivity index (χ1v) is 5.80. The highest BCUT2D eigenvalue weighted by Gasteiger charge is 2.22. The van der Waals surface area contributed by atoms with Gasteiger partial charge in [-0.1, -0.05) is 23.8 Å². The van der Waals surface area contributed by atoms with Crippen LogP contribution in [0.25, 0.3) is 0 Å². The highest BCUT2D eigenvalue weighted by molar-refractivity contribution is 5.38. The molecule has 0 aliphatic heterocycles. The second-order valence-electron chi connectivity index (χ2n) is 4.55. The number of aliphatic hydroxyl groups excluding tert-OH is 1. The van der Waals surface area contributed by atoms with Crippen molar-refractivity contribution in [2.45, 2.75) is 20.0 Å². The van der Waals surface area contributed by atoms with Crippen molar-refractivity contribution in [3.8, 4) is 0 Å². The Labute approximate surface area is 109 Å². The van der Waals surface area contributed by atoms with Gasteiger partial charge >= 0.3 is 0 Å². The maximum Gasteiger partial charge on any atom is 0.135 e. The summed E-state index contributed by atoms with van der Waals surface area (Å²) in [5, 5.41) is 10.1. The lowest BCUT2D eigenvalue weighted by Crippen LogP contribution is -2.08. The van der Waals surface area contributed by atoms with Gasteiger partial charge in [-0.3, -0.25) is 0 Å². The molecular weight excluding hydrogens is 253 g/mol. The van der Waals surface area contributed by atoms with Crippen molar-refractivity contribution in [3.63, 3.8) is 0 Å². The van der Waals surface area contributed by atoms with Crippen molar-refractivity contribution in [1.82, 2.24) is 0 Å². The van der Waals surface area contributed by atoms with E-state index >= 15 is 0 Å². The molecule has 1 atom stereocenters. The maximum absolute atomic E-state index is 13.6. The van der Waals surface area contributed by atoms with Crippen molar-refractivity contribution in [1.29, 1.82) is 0 Å². The number of rotatable bonds is 2. The molecule has 0 aliphatic rings. The van der Waals surface area contributed by atoms with E-state index in [-0.39, 0.29) is 0 Å². The minimum Gasteiger partial charge on any atom is -0.383 e. The molecule has 1 nitrogen and oxygen atoms in total. The zero-order valence-corrected chi connectivity index (χ0v) is 10.5. The van der Waals surface area contributed by atoms with E-state index in [0.717, 1.165) is 11.1 Å². The average molecular weight is 266 g/mol. The zero-order valence-electron chi connectivity index (χ0n) is 10.5. The standard InChI is InChI=1S/C15H13F3O/c1-8-3-4-11(9(2)5-8)15(19)14-12(17)6-10(16)7-13(14)18/h3-7,15,19H,1-2H3. The molecule has 0 aliphatic carbocycles. The summed E-state index contributed by atoms with van der Waals surface area (Å²) in [6.07, 6.45) is -1.46. The summed E-state index contributed by atoms with van der Waals surface area (Å²) < 4.78 is 40.1. The van der Waals surface area contributed by atoms with Crippen LogP contribution >= 0.6 is 0 Å². The summed E-state index contributed by atoms with van der Waals surface area (Å²) >= 11 is 0. The van der Waals surface area contributed by atoms with E-state index in [2.05, 4.69) is 0 Å². The first kappa shape index (κ1) is 13.6. The highest BCUT2D eigenvalue weighted by atomic mass is 19.1. The molecule has 0 heterocycles. The van der Waals surface area contributed by atoms with Gasteiger partial charge in [0.15, 0.2) is 0 Å². The number of aryl methyl sites for hydroxylation is 2. The van der Waals surface area contributed by atoms with E-state index in [1.165, 1.54) is 0 Å². The Hall–Kier alpha value is -1.81. The molecule has 2 aromatic carbocycles. The minimum atomic E-state index is -1.46. The van der Waals surface area contributed by atoms with E-state index in [0.29, 0.717) is 17.7 Å². The van der Waals surface area contributed by atoms with Gasteiger partial charge in [0.1, 0.15) is 23.6 Å². The van der Waals surface area contributed by atoms with E-state index < -0.39 is 29.1 Å². The molecule has 2 aromatic rings. The first-order valence-electron chi connectivity index (χ1n) is 5.80. The summed E-state index contributed by atoms with van der Waals surface area (Å²) in [5.74, 6) is -3.19. The molecule has 2 rings (SSSR count). The van der Waals surface area contributed by atoms with E-state index in [4.69, 9.17) is 0 Å². The Morgan fingerprint density at radius 2 is 1.53 bits per heavy atom. The van der Waals surface area contributed by atoms with Crippen molar-refractivity contribution in [2.24, 2.45) is 0 Å². The van der Waals surface area contributed by atoms with Crippen molar-refractivity contribution < 1.29 is 18.3 Å². The minimum absolute atomic E-state index is 0.398. The Balaban J connectivity index is 2.53. The highest BCUT2D eigenvalue weighted by Crippen LogP contribution is 2.29. The lowest BCUT2D eigenvalue weighted by Gasteiger charge is -2.16. The molecular formula is C15H13F3O. The van der Waals surface area contributed by atoms with Gasteiger partial charge < -0.3 is 5.11 Å². The normalized spacial score (nSPS) is 12.5. The second kappa shape index (κ2) is 5.05. The third-order valence-electron chi connectivity index (χ3n) is 3.04. The van der Waals surface area contributed by atoms with Crippen LogP contribution in [0.3, 0.4) is 0 Å². The SMILES string of the molecule is Cc1ccc(C(O)c2c(F)cc(F)cc2F)c(C)c1. The largest absolute Gasteiger partial charge is 0.383 e. The molecule has 0 spiro atoms. The van der Waals surface area contributed by atoms with Crippen LogP contribution in [0.1, 0.15) is 28.4 Å². The molecule has 0 radical (unpaired) electrons. The quantitative estimate of drug-likeness (QED) is 0.876. The van der Waals surface area contributed by atoms with Crippen molar-refractivity contribution >= 4 is 0 Å². The molecule has 0 amide bonds. The van der Waals surface area contributed by atoms with Gasteiger partial charge in [-0.25, -0.2) is 13.2 Å². The molecule has 0 aromatic heterocycles. The van der Waals surface area contributed by atoms with Gasteiger partial charge in [0, 0.05) is 12.1 Å². The monoisotopic (exact) mass is 266 g/mol. The van der Waals surface area contributed by atoms with Crippen LogP contribution < -0.4 is 0 Å². The summed E-state index contributed by atoms with van der Waals surface area (Å²) in [6, 6.07) is 6.27. The number of aliphatic hydroxyl groups is 1. The fraction of sp³-hybridized carbons (Fsp3) is 0.200. The smallest absolute Gasteiger partial charge is 0.135 e. The van der Waals surface area contributed by atoms with E-state index in [1.54, 1.807) is 25.1 Å². The van der Waals surface area contributed by atoms with Gasteiger partial charge in [-0.2, -0.15) is 0 Å². The van der Waals surface area contributed by atoms with Crippen LogP contribution in [0.4, 0.5) is 13.2 Å². The van der Waals surface area contributed by atoms with Gasteiger partial charge in [-0.15, -0.1) is 0 Å². The van der Waals surface area contributed by atoms with Crippen LogP contribution in [0.5, 0.6) is 0 Å². The number of halogens is 3. The molecule has 1 unspecified atom stereocenters. The predicted molar refractivity (Wildman–Crippen MR) is 66.3 cm³/mol. The van der Waals surface area contributed by atoms with Crippen molar-refractivity contribution in [3.05, 3.63) is 70.0 Å². The Kier molecular flexibility index (Phi) is 3.62. The summed E-state index contributed by atoms with van der Waals surface area (Å²) in [5.41, 5.74) is 1.56. The van der Waals surface area contributed by atoms with Gasteiger partial charge in [0.25, 0.3) is 0 Å². The topological polar surface area (TPSA) is 20.2 Å². The van der Waals surface area contributed by atoms with Gasteiger partial charge in [-0.05, 0) is 25.0 Å². The fourth-order valence-corrected chi connectivity index (χ4v) is 2.10. The van der Waals surface area contributed by atoms with Crippen LogP contribution in [0, 0.1) is 31.3 Å². The lowest BCUT2D eigenvalue weighted by molar-refractivity contribution is 0.208. The fourth-order valence-electron chi connectivity index (χ4n) is 2.10. The van der Waals surface area contributed by atoms with Crippen LogP contribution in [-0.2, 0) is 0 Å². The summed E-state index contributed by atoms with van der Waals surface area (Å²) in [4.78, 5) is 0. The van der Waals surface area contributed by atoms with Crippen LogP contribution in [0.15, 0.2) is 30.3 Å². The van der Waals surface area contributed by atoms with Crippen molar-refractivity contribution in [2.75, 3.05) is 0 Å². The molecule has 1 N–H and O–H groups in total. The average Bonchev–Trinajstić information content (AvgIpc) is 2.26. The Bertz CT molecular complexity index is 600. The maximum atomic E-state index is 13.6. The lowest BCUT2D eigenvalue weighted by atomic mass is 9.95. The van der Waals surface area contributed by atoms with E-state index in [9.17, 15) is 18.3 Å². The third-order valence-corrected chi connectivity index (χ3v) is 3.04. The molecule has 4 heteroatoms. The van der Waals surface area contributed by atoms with E-state index in [1.807, 2.05) is 6.92 Å². The molecule has 100 valence electrons. The second-order valence-corrected chi connectivity index (χ2v) is 4.55. The zero-order chi connectivity index (χ0) is 14.2. The molecule has 0 saturated heterocycles. The first-order chi connectivity index (χ1) is 8.90. The summed E-state index contributed by atoms with van der Waals surface area (Å²) in [6.45, 7) is 3.62. The summed E-state index contributed by atoms with van der Waals surface area (Å²) in [7, 11) is 0.